The van der Waals surface area contributed by atoms with E-state index in [9.17, 15) is 18.0 Å². The van der Waals surface area contributed by atoms with Crippen LogP contribution in [0.3, 0.4) is 0 Å². The number of esters is 1. The lowest BCUT2D eigenvalue weighted by Crippen LogP contribution is -2.44. The quantitative estimate of drug-likeness (QED) is 0.593. The highest BCUT2D eigenvalue weighted by Gasteiger charge is 2.39. The molecule has 34 heavy (non-hydrogen) atoms. The third-order valence-corrected chi connectivity index (χ3v) is 8.63. The second-order valence-electron chi connectivity index (χ2n) is 9.12. The van der Waals surface area contributed by atoms with Gasteiger partial charge in [-0.25, -0.2) is 13.2 Å². The van der Waals surface area contributed by atoms with E-state index in [4.69, 9.17) is 4.74 Å². The number of rotatable bonds is 7. The van der Waals surface area contributed by atoms with Crippen LogP contribution in [0.4, 0.5) is 5.69 Å². The third-order valence-electron chi connectivity index (χ3n) is 6.60. The first-order valence-corrected chi connectivity index (χ1v) is 13.2. The summed E-state index contributed by atoms with van der Waals surface area (Å²) in [5.41, 5.74) is 2.94. The molecule has 1 atom stereocenters. The molecule has 0 radical (unpaired) electrons. The maximum absolute atomic E-state index is 13.7. The molecule has 2 heterocycles. The van der Waals surface area contributed by atoms with Gasteiger partial charge in [0.25, 0.3) is 0 Å². The van der Waals surface area contributed by atoms with E-state index in [0.29, 0.717) is 42.4 Å². The number of piperidine rings is 1. The van der Waals surface area contributed by atoms with E-state index < -0.39 is 21.9 Å². The molecule has 0 saturated carbocycles. The highest BCUT2D eigenvalue weighted by molar-refractivity contribution is 7.89. The molecule has 8 nitrogen and oxygen atoms in total. The Morgan fingerprint density at radius 1 is 1.15 bits per heavy atom. The zero-order valence-electron chi connectivity index (χ0n) is 20.8. The Hall–Kier alpha value is -2.65. The standard InChI is InChI=1S/C25H35N3O5S/c1-7-33-25(30)22-17(4)27(6)18(5)23(22)34(31,32)28-14-8-9-20(15-28)24(29)26-21-12-10-19(11-13-21)16(2)3/h10-13,16,20H,7-9,14-15H2,1-6H3,(H,26,29). The van der Waals surface area contributed by atoms with Crippen LogP contribution >= 0.6 is 0 Å². The SMILES string of the molecule is CCOC(=O)c1c(S(=O)(=O)N2CCCC(C(=O)Nc3ccc(C(C)C)cc3)C2)c(C)n(C)c1C. The fourth-order valence-corrected chi connectivity index (χ4v) is 6.38. The molecule has 1 aromatic carbocycles. The maximum atomic E-state index is 13.7. The monoisotopic (exact) mass is 489 g/mol. The van der Waals surface area contributed by atoms with Gasteiger partial charge in [-0.2, -0.15) is 4.31 Å². The Morgan fingerprint density at radius 2 is 1.79 bits per heavy atom. The Bertz CT molecular complexity index is 1170. The van der Waals surface area contributed by atoms with Gasteiger partial charge in [-0.15, -0.1) is 0 Å². The van der Waals surface area contributed by atoms with E-state index in [1.807, 2.05) is 24.3 Å². The third kappa shape index (κ3) is 5.05. The van der Waals surface area contributed by atoms with Crippen molar-refractivity contribution in [3.05, 3.63) is 46.8 Å². The molecule has 0 aliphatic carbocycles. The highest BCUT2D eigenvalue weighted by Crippen LogP contribution is 2.32. The molecule has 1 N–H and O–H groups in total. The van der Waals surface area contributed by atoms with Gasteiger partial charge in [-0.3, -0.25) is 4.79 Å². The maximum Gasteiger partial charge on any atom is 0.341 e. The molecule has 1 aliphatic rings. The average molecular weight is 490 g/mol. The van der Waals surface area contributed by atoms with Crippen LogP contribution in [0.2, 0.25) is 0 Å². The molecule has 2 aromatic rings. The van der Waals surface area contributed by atoms with Crippen molar-refractivity contribution in [1.82, 2.24) is 8.87 Å². The molecule has 9 heteroatoms. The number of hydrogen-bond donors (Lipinski definition) is 1. The fourth-order valence-electron chi connectivity index (χ4n) is 4.38. The van der Waals surface area contributed by atoms with Gasteiger partial charge in [0.2, 0.25) is 15.9 Å². The number of amides is 1. The normalized spacial score (nSPS) is 17.1. The second-order valence-corrected chi connectivity index (χ2v) is 11.0. The molecule has 1 saturated heterocycles. The first kappa shape index (κ1) is 26.0. The first-order valence-electron chi connectivity index (χ1n) is 11.7. The minimum atomic E-state index is -4.01. The molecule has 1 amide bonds. The van der Waals surface area contributed by atoms with Gasteiger partial charge in [0.05, 0.1) is 12.5 Å². The van der Waals surface area contributed by atoms with Crippen molar-refractivity contribution < 1.29 is 22.7 Å². The van der Waals surface area contributed by atoms with E-state index in [0.717, 1.165) is 0 Å². The average Bonchev–Trinajstić information content (AvgIpc) is 3.04. The summed E-state index contributed by atoms with van der Waals surface area (Å²) in [6.07, 6.45) is 1.16. The summed E-state index contributed by atoms with van der Waals surface area (Å²) in [5, 5.41) is 2.92. The van der Waals surface area contributed by atoms with Crippen molar-refractivity contribution in [2.75, 3.05) is 25.0 Å². The molecule has 0 bridgehead atoms. The van der Waals surface area contributed by atoms with Crippen LogP contribution in [0.1, 0.15) is 66.8 Å². The van der Waals surface area contributed by atoms with Crippen molar-refractivity contribution in [3.63, 3.8) is 0 Å². The summed E-state index contributed by atoms with van der Waals surface area (Å²) in [7, 11) is -2.29. The molecule has 1 fully saturated rings. The van der Waals surface area contributed by atoms with Gasteiger partial charge >= 0.3 is 5.97 Å². The molecule has 3 rings (SSSR count). The Kier molecular flexibility index (Phi) is 7.88. The van der Waals surface area contributed by atoms with Crippen LogP contribution in [-0.2, 0) is 26.6 Å². The Balaban J connectivity index is 1.84. The number of aromatic nitrogens is 1. The smallest absolute Gasteiger partial charge is 0.341 e. The molecule has 1 aromatic heterocycles. The summed E-state index contributed by atoms with van der Waals surface area (Å²) >= 11 is 0. The second kappa shape index (κ2) is 10.3. The van der Waals surface area contributed by atoms with Crippen LogP contribution in [0, 0.1) is 19.8 Å². The van der Waals surface area contributed by atoms with E-state index >= 15 is 0 Å². The van der Waals surface area contributed by atoms with Gasteiger partial charge in [-0.1, -0.05) is 26.0 Å². The van der Waals surface area contributed by atoms with Gasteiger partial charge < -0.3 is 14.6 Å². The number of nitrogens with one attached hydrogen (secondary N) is 1. The topological polar surface area (TPSA) is 97.7 Å². The summed E-state index contributed by atoms with van der Waals surface area (Å²) in [4.78, 5) is 25.6. The summed E-state index contributed by atoms with van der Waals surface area (Å²) < 4.78 is 35.6. The fraction of sp³-hybridized carbons (Fsp3) is 0.520. The van der Waals surface area contributed by atoms with Crippen molar-refractivity contribution >= 4 is 27.6 Å². The lowest BCUT2D eigenvalue weighted by molar-refractivity contribution is -0.120. The van der Waals surface area contributed by atoms with Crippen molar-refractivity contribution in [2.24, 2.45) is 13.0 Å². The molecular weight excluding hydrogens is 454 g/mol. The van der Waals surface area contributed by atoms with Crippen LogP contribution in [0.5, 0.6) is 0 Å². The zero-order valence-corrected chi connectivity index (χ0v) is 21.7. The van der Waals surface area contributed by atoms with Crippen molar-refractivity contribution in [1.29, 1.82) is 0 Å². The lowest BCUT2D eigenvalue weighted by atomic mass is 9.98. The van der Waals surface area contributed by atoms with Crippen molar-refractivity contribution in [3.8, 4) is 0 Å². The number of carbonyl (C=O) groups excluding carboxylic acids is 2. The molecule has 1 aliphatic heterocycles. The largest absolute Gasteiger partial charge is 0.462 e. The predicted molar refractivity (Wildman–Crippen MR) is 131 cm³/mol. The minimum absolute atomic E-state index is 0.0312. The molecule has 0 spiro atoms. The number of sulfonamides is 1. The Labute approximate surface area is 202 Å². The minimum Gasteiger partial charge on any atom is -0.462 e. The number of benzene rings is 1. The summed E-state index contributed by atoms with van der Waals surface area (Å²) in [5.74, 6) is -0.946. The summed E-state index contributed by atoms with van der Waals surface area (Å²) in [6, 6.07) is 7.70. The Morgan fingerprint density at radius 3 is 2.38 bits per heavy atom. The number of carbonyl (C=O) groups is 2. The van der Waals surface area contributed by atoms with Crippen LogP contribution in [-0.4, -0.2) is 48.9 Å². The van der Waals surface area contributed by atoms with E-state index in [1.165, 1.54) is 9.87 Å². The number of anilines is 1. The molecule has 1 unspecified atom stereocenters. The number of nitrogens with zero attached hydrogens (tertiary/aromatic N) is 2. The number of ether oxygens (including phenoxy) is 1. The van der Waals surface area contributed by atoms with E-state index in [-0.39, 0.29) is 29.5 Å². The molecular formula is C25H35N3O5S. The van der Waals surface area contributed by atoms with Crippen LogP contribution in [0.25, 0.3) is 0 Å². The van der Waals surface area contributed by atoms with Gasteiger partial charge in [0.15, 0.2) is 0 Å². The predicted octanol–water partition coefficient (Wildman–Crippen LogP) is 3.98. The zero-order chi connectivity index (χ0) is 25.2. The lowest BCUT2D eigenvalue weighted by Gasteiger charge is -2.31. The first-order chi connectivity index (χ1) is 16.0. The van der Waals surface area contributed by atoms with E-state index in [2.05, 4.69) is 19.2 Å². The van der Waals surface area contributed by atoms with Gasteiger partial charge in [-0.05, 0) is 57.2 Å². The van der Waals surface area contributed by atoms with Gasteiger partial charge in [0.1, 0.15) is 10.5 Å². The van der Waals surface area contributed by atoms with Crippen molar-refractivity contribution in [2.45, 2.75) is 58.3 Å². The molecule has 186 valence electrons. The van der Waals surface area contributed by atoms with Gasteiger partial charge in [0, 0.05) is 37.2 Å². The number of hydrogen-bond acceptors (Lipinski definition) is 5. The van der Waals surface area contributed by atoms with Crippen LogP contribution < -0.4 is 5.32 Å². The highest BCUT2D eigenvalue weighted by atomic mass is 32.2. The van der Waals surface area contributed by atoms with Crippen LogP contribution in [0.15, 0.2) is 29.2 Å². The van der Waals surface area contributed by atoms with E-state index in [1.54, 1.807) is 32.4 Å². The summed E-state index contributed by atoms with van der Waals surface area (Å²) in [6.45, 7) is 9.78.